The van der Waals surface area contributed by atoms with E-state index in [-0.39, 0.29) is 11.2 Å². The van der Waals surface area contributed by atoms with E-state index in [0.29, 0.717) is 8.82 Å². The van der Waals surface area contributed by atoms with Gasteiger partial charge in [-0.05, 0) is 48.3 Å². The Balaban J connectivity index is 2.47. The van der Waals surface area contributed by atoms with Gasteiger partial charge in [-0.15, -0.1) is 11.6 Å². The van der Waals surface area contributed by atoms with Crippen LogP contribution in [0.5, 0.6) is 0 Å². The van der Waals surface area contributed by atoms with Crippen molar-refractivity contribution in [2.45, 2.75) is 37.4 Å². The molecule has 0 saturated carbocycles. The van der Waals surface area contributed by atoms with E-state index >= 15 is 0 Å². The summed E-state index contributed by atoms with van der Waals surface area (Å²) in [6.07, 6.45) is 3.11. The number of fused-ring (bicyclic) bond motifs is 1. The molecule has 2 aromatic rings. The molecule has 0 saturated heterocycles. The molecule has 2 rings (SSSR count). The maximum absolute atomic E-state index is 13.8. The lowest BCUT2D eigenvalue weighted by Crippen LogP contribution is -2.08. The van der Waals surface area contributed by atoms with Gasteiger partial charge in [-0.25, -0.2) is 9.37 Å². The van der Waals surface area contributed by atoms with Crippen LogP contribution in [0.2, 0.25) is 0 Å². The van der Waals surface area contributed by atoms with Gasteiger partial charge in [0.25, 0.3) is 0 Å². The van der Waals surface area contributed by atoms with Crippen LogP contribution in [0.3, 0.4) is 0 Å². The van der Waals surface area contributed by atoms with Gasteiger partial charge in [0.2, 0.25) is 0 Å². The number of benzene rings is 1. The van der Waals surface area contributed by atoms with Gasteiger partial charge in [0, 0.05) is 17.9 Å². The molecule has 0 aliphatic heterocycles. The Kier molecular flexibility index (Phi) is 5.59. The van der Waals surface area contributed by atoms with Crippen molar-refractivity contribution in [2.75, 3.05) is 6.26 Å². The zero-order valence-electron chi connectivity index (χ0n) is 11.7. The van der Waals surface area contributed by atoms with Crippen molar-refractivity contribution in [3.63, 3.8) is 0 Å². The first-order valence-electron chi connectivity index (χ1n) is 6.46. The van der Waals surface area contributed by atoms with Gasteiger partial charge in [-0.2, -0.15) is 11.8 Å². The average molecular weight is 427 g/mol. The van der Waals surface area contributed by atoms with Gasteiger partial charge >= 0.3 is 0 Å². The van der Waals surface area contributed by atoms with Crippen LogP contribution in [0.1, 0.15) is 31.5 Å². The molecule has 0 N–H and O–H groups in total. The number of aromatic nitrogens is 2. The molecule has 0 radical (unpaired) electrons. The minimum Gasteiger partial charge on any atom is -0.327 e. The van der Waals surface area contributed by atoms with E-state index in [1.165, 1.54) is 0 Å². The summed E-state index contributed by atoms with van der Waals surface area (Å²) in [6, 6.07) is 3.35. The Labute approximate surface area is 141 Å². The Morgan fingerprint density at radius 3 is 2.75 bits per heavy atom. The minimum atomic E-state index is -0.203. The summed E-state index contributed by atoms with van der Waals surface area (Å²) in [7, 11) is 0. The standard InChI is InChI=1S/C14H17ClFIN2S/c1-8(20-3)4-5-19-13-6-10(16)11(17)7-12(13)18-14(19)9(2)15/h6-9H,4-5H2,1-3H3. The van der Waals surface area contributed by atoms with Crippen LogP contribution in [0.4, 0.5) is 4.39 Å². The second kappa shape index (κ2) is 6.83. The molecule has 1 heterocycles. The van der Waals surface area contributed by atoms with Gasteiger partial charge < -0.3 is 4.57 Å². The Morgan fingerprint density at radius 2 is 2.15 bits per heavy atom. The zero-order chi connectivity index (χ0) is 14.9. The molecule has 0 aliphatic rings. The largest absolute Gasteiger partial charge is 0.327 e. The zero-order valence-corrected chi connectivity index (χ0v) is 15.4. The molecule has 6 heteroatoms. The molecule has 2 nitrogen and oxygen atoms in total. The number of hydrogen-bond donors (Lipinski definition) is 0. The molecule has 0 spiro atoms. The van der Waals surface area contributed by atoms with Crippen molar-refractivity contribution in [1.82, 2.24) is 9.55 Å². The number of alkyl halides is 1. The van der Waals surface area contributed by atoms with Gasteiger partial charge in [0.05, 0.1) is 20.0 Å². The Bertz CT molecular complexity index is 615. The lowest BCUT2D eigenvalue weighted by atomic mass is 10.3. The number of thioether (sulfide) groups is 1. The molecule has 20 heavy (non-hydrogen) atoms. The summed E-state index contributed by atoms with van der Waals surface area (Å²) >= 11 is 10.0. The highest BCUT2D eigenvalue weighted by molar-refractivity contribution is 14.1. The van der Waals surface area contributed by atoms with E-state index in [1.54, 1.807) is 12.1 Å². The fourth-order valence-electron chi connectivity index (χ4n) is 2.11. The second-order valence-electron chi connectivity index (χ2n) is 4.83. The molecule has 1 aromatic heterocycles. The number of imidazole rings is 1. The highest BCUT2D eigenvalue weighted by Gasteiger charge is 2.17. The SMILES string of the molecule is CSC(C)CCn1c(C(C)Cl)nc2cc(I)c(F)cc21. The Hall–Kier alpha value is -0.0100. The van der Waals surface area contributed by atoms with Crippen molar-refractivity contribution in [2.24, 2.45) is 0 Å². The third kappa shape index (κ3) is 3.42. The van der Waals surface area contributed by atoms with E-state index < -0.39 is 0 Å². The fourth-order valence-corrected chi connectivity index (χ4v) is 3.06. The van der Waals surface area contributed by atoms with Crippen LogP contribution >= 0.6 is 46.0 Å². The monoisotopic (exact) mass is 426 g/mol. The highest BCUT2D eigenvalue weighted by Crippen LogP contribution is 2.28. The Morgan fingerprint density at radius 1 is 1.45 bits per heavy atom. The molecular weight excluding hydrogens is 410 g/mol. The molecule has 0 amide bonds. The van der Waals surface area contributed by atoms with Crippen molar-refractivity contribution in [1.29, 1.82) is 0 Å². The maximum atomic E-state index is 13.8. The van der Waals surface area contributed by atoms with Crippen LogP contribution < -0.4 is 0 Å². The summed E-state index contributed by atoms with van der Waals surface area (Å²) in [5.74, 6) is 0.613. The minimum absolute atomic E-state index is 0.187. The number of rotatable bonds is 5. The van der Waals surface area contributed by atoms with Crippen LogP contribution in [0.25, 0.3) is 11.0 Å². The van der Waals surface area contributed by atoms with Gasteiger partial charge in [-0.1, -0.05) is 6.92 Å². The van der Waals surface area contributed by atoms with E-state index in [1.807, 2.05) is 41.3 Å². The summed E-state index contributed by atoms with van der Waals surface area (Å²) in [5.41, 5.74) is 1.65. The van der Waals surface area contributed by atoms with Crippen LogP contribution in [-0.4, -0.2) is 21.1 Å². The molecule has 2 unspecified atom stereocenters. The third-order valence-corrected chi connectivity index (χ3v) is 5.40. The normalized spacial score (nSPS) is 14.7. The van der Waals surface area contributed by atoms with E-state index in [9.17, 15) is 4.39 Å². The van der Waals surface area contributed by atoms with Crippen LogP contribution in [-0.2, 0) is 6.54 Å². The highest BCUT2D eigenvalue weighted by atomic mass is 127. The first-order valence-corrected chi connectivity index (χ1v) is 9.26. The average Bonchev–Trinajstić information content (AvgIpc) is 2.74. The van der Waals surface area contributed by atoms with Gasteiger partial charge in [0.15, 0.2) is 0 Å². The molecule has 0 bridgehead atoms. The molecule has 1 aromatic carbocycles. The summed E-state index contributed by atoms with van der Waals surface area (Å²) in [4.78, 5) is 4.57. The number of hydrogen-bond acceptors (Lipinski definition) is 2. The number of halogens is 3. The van der Waals surface area contributed by atoms with Crippen molar-refractivity contribution in [3.8, 4) is 0 Å². The van der Waals surface area contributed by atoms with Gasteiger partial charge in [0.1, 0.15) is 11.6 Å². The second-order valence-corrected chi connectivity index (χ2v) is 7.92. The van der Waals surface area contributed by atoms with Crippen molar-refractivity contribution in [3.05, 3.63) is 27.3 Å². The predicted molar refractivity (Wildman–Crippen MR) is 94.3 cm³/mol. The van der Waals surface area contributed by atoms with Gasteiger partial charge in [-0.3, -0.25) is 0 Å². The van der Waals surface area contributed by atoms with Crippen LogP contribution in [0.15, 0.2) is 12.1 Å². The first kappa shape index (κ1) is 16.4. The smallest absolute Gasteiger partial charge is 0.138 e. The summed E-state index contributed by atoms with van der Waals surface area (Å²) in [5, 5.41) is 0.368. The van der Waals surface area contributed by atoms with Crippen molar-refractivity contribution >= 4 is 57.0 Å². The summed E-state index contributed by atoms with van der Waals surface area (Å²) in [6.45, 7) is 4.90. The van der Waals surface area contributed by atoms with E-state index in [0.717, 1.165) is 29.8 Å². The number of aryl methyl sites for hydroxylation is 1. The quantitative estimate of drug-likeness (QED) is 0.482. The third-order valence-electron chi connectivity index (χ3n) is 3.34. The lowest BCUT2D eigenvalue weighted by Gasteiger charge is -2.13. The molecule has 0 aliphatic carbocycles. The molecule has 0 fully saturated rings. The topological polar surface area (TPSA) is 17.8 Å². The fraction of sp³-hybridized carbons (Fsp3) is 0.500. The van der Waals surface area contributed by atoms with E-state index in [4.69, 9.17) is 11.6 Å². The molecule has 2 atom stereocenters. The first-order chi connectivity index (χ1) is 9.43. The van der Waals surface area contributed by atoms with Crippen molar-refractivity contribution < 1.29 is 4.39 Å². The maximum Gasteiger partial charge on any atom is 0.138 e. The molecule has 110 valence electrons. The van der Waals surface area contributed by atoms with E-state index in [2.05, 4.69) is 22.7 Å². The predicted octanol–water partition coefficient (Wildman–Crippen LogP) is 5.22. The molecular formula is C14H17ClFIN2S. The summed E-state index contributed by atoms with van der Waals surface area (Å²) < 4.78 is 16.5. The lowest BCUT2D eigenvalue weighted by molar-refractivity contribution is 0.611. The number of nitrogens with zero attached hydrogens (tertiary/aromatic N) is 2. The van der Waals surface area contributed by atoms with Crippen LogP contribution in [0, 0.1) is 9.39 Å².